The van der Waals surface area contributed by atoms with Crippen LogP contribution in [0.1, 0.15) is 25.5 Å². The van der Waals surface area contributed by atoms with Crippen LogP contribution in [0.3, 0.4) is 0 Å². The van der Waals surface area contributed by atoms with E-state index in [1.54, 1.807) is 13.8 Å². The van der Waals surface area contributed by atoms with Crippen molar-refractivity contribution in [3.05, 3.63) is 35.4 Å². The number of carbonyl (C=O) groups excluding carboxylic acids is 1. The second-order valence-electron chi connectivity index (χ2n) is 5.04. The summed E-state index contributed by atoms with van der Waals surface area (Å²) in [6, 6.07) is 2.90. The average molecular weight is 334 g/mol. The fourth-order valence-electron chi connectivity index (χ4n) is 1.94. The van der Waals surface area contributed by atoms with E-state index in [2.05, 4.69) is 0 Å². The van der Waals surface area contributed by atoms with Crippen LogP contribution < -0.4 is 0 Å². The Labute approximate surface area is 129 Å². The van der Waals surface area contributed by atoms with Gasteiger partial charge < -0.3 is 4.90 Å². The highest BCUT2D eigenvalue weighted by Gasteiger charge is 2.24. The zero-order valence-corrected chi connectivity index (χ0v) is 13.8. The number of halogens is 2. The predicted molar refractivity (Wildman–Crippen MR) is 79.6 cm³/mol. The summed E-state index contributed by atoms with van der Waals surface area (Å²) in [7, 11) is -1.98. The molecule has 0 heterocycles. The lowest BCUT2D eigenvalue weighted by atomic mass is 10.1. The summed E-state index contributed by atoms with van der Waals surface area (Å²) in [5, 5.41) is 0. The third-order valence-electron chi connectivity index (χ3n) is 3.53. The van der Waals surface area contributed by atoms with Crippen LogP contribution >= 0.6 is 0 Å². The molecular weight excluding hydrogens is 314 g/mol. The summed E-state index contributed by atoms with van der Waals surface area (Å²) in [6.07, 6.45) is 1.03. The summed E-state index contributed by atoms with van der Waals surface area (Å²) >= 11 is 0. The van der Waals surface area contributed by atoms with Crippen LogP contribution in [0, 0.1) is 11.6 Å². The van der Waals surface area contributed by atoms with Crippen molar-refractivity contribution in [3.8, 4) is 0 Å². The highest BCUT2D eigenvalue weighted by molar-refractivity contribution is 7.88. The van der Waals surface area contributed by atoms with Gasteiger partial charge in [0.05, 0.1) is 18.8 Å². The van der Waals surface area contributed by atoms with Crippen molar-refractivity contribution < 1.29 is 22.0 Å². The van der Waals surface area contributed by atoms with Crippen molar-refractivity contribution in [2.75, 3.05) is 26.4 Å². The zero-order chi connectivity index (χ0) is 17.1. The summed E-state index contributed by atoms with van der Waals surface area (Å²) in [4.78, 5) is 13.5. The third-order valence-corrected chi connectivity index (χ3v) is 4.86. The van der Waals surface area contributed by atoms with E-state index in [0.29, 0.717) is 5.56 Å². The number of hydrogen-bond donors (Lipinski definition) is 0. The van der Waals surface area contributed by atoms with Crippen LogP contribution in [0.25, 0.3) is 0 Å². The van der Waals surface area contributed by atoms with Gasteiger partial charge in [-0.05, 0) is 24.6 Å². The minimum Gasteiger partial charge on any atom is -0.338 e. The van der Waals surface area contributed by atoms with Gasteiger partial charge in [-0.25, -0.2) is 17.2 Å². The van der Waals surface area contributed by atoms with E-state index in [1.165, 1.54) is 18.0 Å². The molecule has 1 amide bonds. The molecule has 0 aliphatic carbocycles. The van der Waals surface area contributed by atoms with Gasteiger partial charge in [0.2, 0.25) is 15.9 Å². The van der Waals surface area contributed by atoms with Crippen LogP contribution in [0.2, 0.25) is 0 Å². The standard InChI is InChI=1S/C14H20F2N2O3S/c1-5-18(22(4,20)21)9-14(19)17(3)10(2)11-6-7-12(15)13(16)8-11/h6-8,10H,5,9H2,1-4H3. The summed E-state index contributed by atoms with van der Waals surface area (Å²) in [5.41, 5.74) is 0.428. The molecule has 0 spiro atoms. The molecule has 0 bridgehead atoms. The molecule has 22 heavy (non-hydrogen) atoms. The van der Waals surface area contributed by atoms with Crippen LogP contribution in [0.4, 0.5) is 8.78 Å². The summed E-state index contributed by atoms with van der Waals surface area (Å²) in [6.45, 7) is 3.17. The molecule has 1 aromatic carbocycles. The highest BCUT2D eigenvalue weighted by atomic mass is 32.2. The van der Waals surface area contributed by atoms with Gasteiger partial charge in [0, 0.05) is 13.6 Å². The van der Waals surface area contributed by atoms with Gasteiger partial charge in [0.1, 0.15) is 0 Å². The molecule has 124 valence electrons. The normalized spacial score (nSPS) is 13.2. The third kappa shape index (κ3) is 4.48. The lowest BCUT2D eigenvalue weighted by Gasteiger charge is -2.28. The first kappa shape index (κ1) is 18.5. The molecule has 1 unspecified atom stereocenters. The van der Waals surface area contributed by atoms with E-state index in [4.69, 9.17) is 0 Å². The SMILES string of the molecule is CCN(CC(=O)N(C)C(C)c1ccc(F)c(F)c1)S(C)(=O)=O. The lowest BCUT2D eigenvalue weighted by Crippen LogP contribution is -2.41. The fourth-order valence-corrected chi connectivity index (χ4v) is 2.75. The van der Waals surface area contributed by atoms with E-state index >= 15 is 0 Å². The Morgan fingerprint density at radius 3 is 2.32 bits per heavy atom. The molecule has 0 aromatic heterocycles. The largest absolute Gasteiger partial charge is 0.338 e. The van der Waals surface area contributed by atoms with E-state index in [-0.39, 0.29) is 13.1 Å². The number of hydrogen-bond acceptors (Lipinski definition) is 3. The Balaban J connectivity index is 2.87. The molecule has 0 N–H and O–H groups in total. The van der Waals surface area contributed by atoms with Gasteiger partial charge in [-0.3, -0.25) is 4.79 Å². The van der Waals surface area contributed by atoms with Crippen molar-refractivity contribution >= 4 is 15.9 Å². The first-order valence-electron chi connectivity index (χ1n) is 6.73. The van der Waals surface area contributed by atoms with Crippen molar-refractivity contribution in [2.24, 2.45) is 0 Å². The fraction of sp³-hybridized carbons (Fsp3) is 0.500. The number of nitrogens with zero attached hydrogens (tertiary/aromatic N) is 2. The van der Waals surface area contributed by atoms with E-state index in [9.17, 15) is 22.0 Å². The van der Waals surface area contributed by atoms with Gasteiger partial charge in [0.25, 0.3) is 0 Å². The Morgan fingerprint density at radius 1 is 1.27 bits per heavy atom. The van der Waals surface area contributed by atoms with Crippen LogP contribution in [0.15, 0.2) is 18.2 Å². The molecule has 0 saturated heterocycles. The van der Waals surface area contributed by atoms with Crippen LogP contribution in [-0.2, 0) is 14.8 Å². The van der Waals surface area contributed by atoms with Crippen molar-refractivity contribution in [3.63, 3.8) is 0 Å². The number of amides is 1. The van der Waals surface area contributed by atoms with Gasteiger partial charge in [0.15, 0.2) is 11.6 Å². The van der Waals surface area contributed by atoms with Gasteiger partial charge >= 0.3 is 0 Å². The van der Waals surface area contributed by atoms with Crippen molar-refractivity contribution in [2.45, 2.75) is 19.9 Å². The molecule has 0 aliphatic heterocycles. The summed E-state index contributed by atoms with van der Waals surface area (Å²) < 4.78 is 50.3. The van der Waals surface area contributed by atoms with Gasteiger partial charge in [-0.15, -0.1) is 0 Å². The molecule has 0 saturated carbocycles. The minimum absolute atomic E-state index is 0.179. The van der Waals surface area contributed by atoms with Gasteiger partial charge in [-0.2, -0.15) is 4.31 Å². The maximum absolute atomic E-state index is 13.3. The predicted octanol–water partition coefficient (Wildman–Crippen LogP) is 1.77. The average Bonchev–Trinajstić information content (AvgIpc) is 2.44. The Morgan fingerprint density at radius 2 is 1.86 bits per heavy atom. The second-order valence-corrected chi connectivity index (χ2v) is 7.03. The number of likely N-dealkylation sites (N-methyl/N-ethyl adjacent to an activating group) is 2. The molecule has 0 aliphatic rings. The van der Waals surface area contributed by atoms with E-state index in [1.807, 2.05) is 0 Å². The maximum Gasteiger partial charge on any atom is 0.238 e. The maximum atomic E-state index is 13.3. The molecule has 1 aromatic rings. The van der Waals surface area contributed by atoms with E-state index in [0.717, 1.165) is 22.7 Å². The molecule has 0 fully saturated rings. The molecule has 1 rings (SSSR count). The minimum atomic E-state index is -3.47. The first-order valence-corrected chi connectivity index (χ1v) is 8.58. The molecule has 1 atom stereocenters. The first-order chi connectivity index (χ1) is 10.1. The zero-order valence-electron chi connectivity index (χ0n) is 13.0. The molecule has 0 radical (unpaired) electrons. The molecule has 5 nitrogen and oxygen atoms in total. The van der Waals surface area contributed by atoms with Crippen LogP contribution in [0.5, 0.6) is 0 Å². The number of carbonyl (C=O) groups is 1. The Kier molecular flexibility index (Phi) is 6.01. The highest BCUT2D eigenvalue weighted by Crippen LogP contribution is 2.21. The van der Waals surface area contributed by atoms with E-state index < -0.39 is 33.6 Å². The van der Waals surface area contributed by atoms with Crippen molar-refractivity contribution in [1.29, 1.82) is 0 Å². The lowest BCUT2D eigenvalue weighted by molar-refractivity contribution is -0.132. The summed E-state index contributed by atoms with van der Waals surface area (Å²) in [5.74, 6) is -2.37. The Hall–Kier alpha value is -1.54. The second kappa shape index (κ2) is 7.15. The smallest absolute Gasteiger partial charge is 0.238 e. The number of rotatable bonds is 6. The number of benzene rings is 1. The quantitative estimate of drug-likeness (QED) is 0.797. The number of sulfonamides is 1. The molecule has 8 heteroatoms. The molecular formula is C14H20F2N2O3S. The van der Waals surface area contributed by atoms with Crippen LogP contribution in [-0.4, -0.2) is 49.9 Å². The Bertz CT molecular complexity index is 649. The van der Waals surface area contributed by atoms with Crippen molar-refractivity contribution in [1.82, 2.24) is 9.21 Å². The van der Waals surface area contributed by atoms with Gasteiger partial charge in [-0.1, -0.05) is 13.0 Å². The topological polar surface area (TPSA) is 57.7 Å². The monoisotopic (exact) mass is 334 g/mol.